The molecular formula is C16H37P. The van der Waals surface area contributed by atoms with Crippen molar-refractivity contribution in [1.29, 1.82) is 0 Å². The van der Waals surface area contributed by atoms with Gasteiger partial charge in [-0.25, -0.2) is 0 Å². The number of hydrogen-bond donors (Lipinski definition) is 0. The van der Waals surface area contributed by atoms with Crippen LogP contribution in [0, 0.1) is 0 Å². The average molecular weight is 260 g/mol. The molecule has 106 valence electrons. The molecule has 0 unspecified atom stereocenters. The summed E-state index contributed by atoms with van der Waals surface area (Å²) in [5.41, 5.74) is 0. The molecule has 0 saturated heterocycles. The van der Waals surface area contributed by atoms with E-state index in [2.05, 4.69) is 27.7 Å². The molecule has 0 radical (unpaired) electrons. The molecule has 0 bridgehead atoms. The summed E-state index contributed by atoms with van der Waals surface area (Å²) in [6.07, 6.45) is 18.0. The zero-order chi connectivity index (χ0) is 13.0. The molecule has 0 aromatic carbocycles. The fourth-order valence-electron chi connectivity index (χ4n) is 3.25. The average Bonchev–Trinajstić information content (AvgIpc) is 2.34. The Kier molecular flexibility index (Phi) is 11.8. The Labute approximate surface area is 111 Å². The summed E-state index contributed by atoms with van der Waals surface area (Å²) < 4.78 is 0. The maximum absolute atomic E-state index is 2.47. The van der Waals surface area contributed by atoms with E-state index < -0.39 is 7.26 Å². The molecule has 0 aliphatic rings. The summed E-state index contributed by atoms with van der Waals surface area (Å²) in [4.78, 5) is 0. The fourth-order valence-corrected chi connectivity index (χ4v) is 8.18. The molecule has 0 aromatic heterocycles. The van der Waals surface area contributed by atoms with Crippen molar-refractivity contribution in [3.8, 4) is 0 Å². The van der Waals surface area contributed by atoms with Crippen molar-refractivity contribution in [2.75, 3.05) is 24.6 Å². The Hall–Kier alpha value is 0.430. The molecule has 0 atom stereocenters. The Morgan fingerprint density at radius 1 is 0.529 bits per heavy atom. The van der Waals surface area contributed by atoms with E-state index in [0.717, 1.165) is 0 Å². The van der Waals surface area contributed by atoms with Gasteiger partial charge in [-0.1, -0.05) is 0 Å². The van der Waals surface area contributed by atoms with Gasteiger partial charge in [0.15, 0.2) is 0 Å². The van der Waals surface area contributed by atoms with E-state index in [1.165, 1.54) is 57.5 Å². The minimum absolute atomic E-state index is 0.838. The van der Waals surface area contributed by atoms with Gasteiger partial charge in [0.2, 0.25) is 0 Å². The monoisotopic (exact) mass is 260 g/mol. The second-order valence-electron chi connectivity index (χ2n) is 5.87. The molecule has 0 amide bonds. The molecule has 1 heteroatoms. The van der Waals surface area contributed by atoms with E-state index in [9.17, 15) is 0 Å². The van der Waals surface area contributed by atoms with Crippen LogP contribution in [0.1, 0.15) is 79.1 Å². The van der Waals surface area contributed by atoms with Gasteiger partial charge in [-0.05, 0) is 0 Å². The quantitative estimate of drug-likeness (QED) is 0.301. The normalized spacial score (nSPS) is 12.9. The summed E-state index contributed by atoms with van der Waals surface area (Å²) in [5.74, 6) is 0. The first kappa shape index (κ1) is 17.4. The number of hydrogen-bond acceptors (Lipinski definition) is 0. The van der Waals surface area contributed by atoms with E-state index in [1.54, 1.807) is 18.5 Å². The molecular weight excluding hydrogens is 223 g/mol. The van der Waals surface area contributed by atoms with Crippen LogP contribution in [0.15, 0.2) is 0 Å². The summed E-state index contributed by atoms with van der Waals surface area (Å²) in [7, 11) is -0.838. The predicted octanol–water partition coefficient (Wildman–Crippen LogP) is 5.94. The summed E-state index contributed by atoms with van der Waals surface area (Å²) in [6, 6.07) is 0. The zero-order valence-corrected chi connectivity index (χ0v) is 14.0. The molecule has 0 N–H and O–H groups in total. The van der Waals surface area contributed by atoms with Gasteiger partial charge in [0.1, 0.15) is 0 Å². The number of rotatable bonds is 12. The van der Waals surface area contributed by atoms with Crippen LogP contribution in [0.4, 0.5) is 0 Å². The topological polar surface area (TPSA) is 0 Å². The van der Waals surface area contributed by atoms with E-state index in [-0.39, 0.29) is 0 Å². The van der Waals surface area contributed by atoms with Crippen LogP contribution < -0.4 is 0 Å². The molecule has 0 heterocycles. The van der Waals surface area contributed by atoms with Crippen molar-refractivity contribution in [2.24, 2.45) is 0 Å². The number of unbranched alkanes of at least 4 members (excludes halogenated alkanes) is 5. The fraction of sp³-hybridized carbons (Fsp3) is 1.00. The Morgan fingerprint density at radius 2 is 1.06 bits per heavy atom. The Balaban J connectivity index is 3.82. The van der Waals surface area contributed by atoms with Crippen LogP contribution in [0.25, 0.3) is 0 Å². The van der Waals surface area contributed by atoms with Crippen LogP contribution in [-0.2, 0) is 0 Å². The van der Waals surface area contributed by atoms with Crippen molar-refractivity contribution in [2.45, 2.75) is 79.1 Å². The van der Waals surface area contributed by atoms with E-state index in [4.69, 9.17) is 0 Å². The summed E-state index contributed by atoms with van der Waals surface area (Å²) >= 11 is 0. The van der Waals surface area contributed by atoms with Crippen molar-refractivity contribution in [3.05, 3.63) is 0 Å². The van der Waals surface area contributed by atoms with Gasteiger partial charge in [0.25, 0.3) is 0 Å². The summed E-state index contributed by atoms with van der Waals surface area (Å²) in [6.45, 7) is 9.54. The maximum atomic E-state index is 2.47. The minimum atomic E-state index is -0.838. The predicted molar refractivity (Wildman–Crippen MR) is 87.4 cm³/mol. The summed E-state index contributed by atoms with van der Waals surface area (Å²) in [5, 5.41) is 0. The Morgan fingerprint density at radius 3 is 1.53 bits per heavy atom. The SMILES string of the molecule is CCCCCCCC[PH](CC)(CCC)CCC. The van der Waals surface area contributed by atoms with Gasteiger partial charge < -0.3 is 0 Å². The first-order chi connectivity index (χ1) is 8.24. The molecule has 0 fully saturated rings. The molecule has 0 spiro atoms. The third kappa shape index (κ3) is 8.20. The van der Waals surface area contributed by atoms with Gasteiger partial charge in [-0.2, -0.15) is 0 Å². The third-order valence-corrected chi connectivity index (χ3v) is 10.4. The van der Waals surface area contributed by atoms with Crippen molar-refractivity contribution >= 4 is 7.26 Å². The van der Waals surface area contributed by atoms with Crippen molar-refractivity contribution in [3.63, 3.8) is 0 Å². The van der Waals surface area contributed by atoms with Gasteiger partial charge >= 0.3 is 111 Å². The second-order valence-corrected chi connectivity index (χ2v) is 11.1. The van der Waals surface area contributed by atoms with Gasteiger partial charge in [0.05, 0.1) is 0 Å². The molecule has 17 heavy (non-hydrogen) atoms. The van der Waals surface area contributed by atoms with E-state index >= 15 is 0 Å². The molecule has 0 rings (SSSR count). The Bertz CT molecular complexity index is 148. The van der Waals surface area contributed by atoms with Gasteiger partial charge in [-0.15, -0.1) is 0 Å². The van der Waals surface area contributed by atoms with Crippen LogP contribution in [-0.4, -0.2) is 24.6 Å². The van der Waals surface area contributed by atoms with E-state index in [0.29, 0.717) is 0 Å². The first-order valence-electron chi connectivity index (χ1n) is 8.24. The van der Waals surface area contributed by atoms with Crippen LogP contribution in [0.3, 0.4) is 0 Å². The second kappa shape index (κ2) is 11.5. The molecule has 0 nitrogen and oxygen atoms in total. The third-order valence-electron chi connectivity index (χ3n) is 4.37. The molecule has 0 aliphatic carbocycles. The van der Waals surface area contributed by atoms with Crippen LogP contribution in [0.2, 0.25) is 0 Å². The molecule has 0 saturated carbocycles. The molecule has 0 aromatic rings. The molecule has 0 aliphatic heterocycles. The van der Waals surface area contributed by atoms with Crippen LogP contribution >= 0.6 is 7.26 Å². The first-order valence-corrected chi connectivity index (χ1v) is 11.1. The van der Waals surface area contributed by atoms with E-state index in [1.807, 2.05) is 0 Å². The van der Waals surface area contributed by atoms with Crippen LogP contribution in [0.5, 0.6) is 0 Å². The van der Waals surface area contributed by atoms with Gasteiger partial charge in [0, 0.05) is 0 Å². The zero-order valence-electron chi connectivity index (χ0n) is 13.0. The standard InChI is InChI=1S/C16H37P/c1-5-9-10-11-12-13-16-17(8-4,14-6-2)15-7-3/h17H,5-16H2,1-4H3. The van der Waals surface area contributed by atoms with Crippen molar-refractivity contribution < 1.29 is 0 Å². The van der Waals surface area contributed by atoms with Gasteiger partial charge in [-0.3, -0.25) is 0 Å². The van der Waals surface area contributed by atoms with Crippen molar-refractivity contribution in [1.82, 2.24) is 0 Å².